The number of nitrogens with one attached hydrogen (secondary N) is 1. The lowest BCUT2D eigenvalue weighted by atomic mass is 9.86. The monoisotopic (exact) mass is 552 g/mol. The molecule has 1 amide bonds. The highest BCUT2D eigenvalue weighted by Crippen LogP contribution is 2.40. The molecule has 3 nitrogen and oxygen atoms in total. The van der Waals surface area contributed by atoms with Gasteiger partial charge in [0, 0.05) is 19.0 Å². The van der Waals surface area contributed by atoms with E-state index in [0.29, 0.717) is 30.4 Å². The van der Waals surface area contributed by atoms with E-state index in [1.54, 1.807) is 0 Å². The molecule has 9 heteroatoms. The molecule has 1 saturated heterocycles. The number of hydrogen-bond donors (Lipinski definition) is 1. The average Bonchev–Trinajstić information content (AvgIpc) is 3.72. The predicted molar refractivity (Wildman–Crippen MR) is 138 cm³/mol. The number of nitrogens with zero attached hydrogens (tertiary/aromatic N) is 1. The Morgan fingerprint density at radius 2 is 1.64 bits per heavy atom. The molecule has 1 saturated carbocycles. The van der Waals surface area contributed by atoms with E-state index in [9.17, 15) is 31.1 Å². The van der Waals surface area contributed by atoms with E-state index in [0.717, 1.165) is 38.9 Å². The molecule has 1 N–H and O–H groups in total. The molecule has 3 atom stereocenters. The maximum atomic E-state index is 13.2. The molecule has 1 unspecified atom stereocenters. The Bertz CT molecular complexity index is 1110. The number of halogens is 6. The third-order valence-electron chi connectivity index (χ3n) is 7.79. The molecule has 2 aromatic rings. The summed E-state index contributed by atoms with van der Waals surface area (Å²) in [4.78, 5) is 15.3. The fourth-order valence-electron chi connectivity index (χ4n) is 5.38. The highest BCUT2D eigenvalue weighted by atomic mass is 19.4. The van der Waals surface area contributed by atoms with Crippen LogP contribution in [0.4, 0.5) is 26.3 Å². The first-order valence-corrected chi connectivity index (χ1v) is 13.4. The molecule has 2 fully saturated rings. The number of piperidine rings is 1. The minimum absolute atomic E-state index is 0.0972. The molecule has 212 valence electrons. The Kier molecular flexibility index (Phi) is 9.09. The van der Waals surface area contributed by atoms with Crippen LogP contribution in [0.2, 0.25) is 0 Å². The van der Waals surface area contributed by atoms with Crippen molar-refractivity contribution in [2.45, 2.75) is 51.5 Å². The molecule has 0 spiro atoms. The van der Waals surface area contributed by atoms with Gasteiger partial charge in [0.2, 0.25) is 5.91 Å². The van der Waals surface area contributed by atoms with Crippen molar-refractivity contribution in [1.29, 1.82) is 0 Å². The number of alkyl halides is 6. The van der Waals surface area contributed by atoms with Crippen molar-refractivity contribution >= 4 is 12.0 Å². The summed E-state index contributed by atoms with van der Waals surface area (Å²) >= 11 is 0. The summed E-state index contributed by atoms with van der Waals surface area (Å²) < 4.78 is 79.0. The molecule has 0 bridgehead atoms. The third-order valence-corrected chi connectivity index (χ3v) is 7.79. The number of amides is 1. The van der Waals surface area contributed by atoms with Gasteiger partial charge in [-0.2, -0.15) is 26.3 Å². The second kappa shape index (κ2) is 12.1. The number of carbonyl (C=O) groups is 1. The molecular formula is C30H34F6N2O. The van der Waals surface area contributed by atoms with E-state index >= 15 is 0 Å². The lowest BCUT2D eigenvalue weighted by Gasteiger charge is -2.36. The fraction of sp³-hybridized carbons (Fsp3) is 0.500. The highest BCUT2D eigenvalue weighted by molar-refractivity contribution is 5.79. The standard InChI is InChI=1S/C30H34F6N2O/c1-20-19-38(13-11-23(20)8-7-21-5-3-2-4-6-21)14-12-27(24-9-10-24)28(39)37-18-22-15-25(29(31,32)33)17-26(16-22)30(34,35)36/h2-8,15-17,20,23-24,27H,9-14,18-19H2,1H3,(H,37,39)/b8-7-/t20-,23+,27?/m0/s1. The topological polar surface area (TPSA) is 32.3 Å². The van der Waals surface area contributed by atoms with E-state index in [1.807, 2.05) is 18.2 Å². The van der Waals surface area contributed by atoms with Gasteiger partial charge in [0.1, 0.15) is 0 Å². The van der Waals surface area contributed by atoms with Crippen LogP contribution in [0.1, 0.15) is 54.9 Å². The summed E-state index contributed by atoms with van der Waals surface area (Å²) in [6.07, 6.45) is -1.96. The highest BCUT2D eigenvalue weighted by Gasteiger charge is 2.38. The van der Waals surface area contributed by atoms with E-state index in [-0.39, 0.29) is 35.9 Å². The SMILES string of the molecule is C[C@H]1CN(CCC(C(=O)NCc2cc(C(F)(F)F)cc(C(F)(F)F)c2)C2CC2)CC[C@H]1/C=C\c1ccccc1. The summed E-state index contributed by atoms with van der Waals surface area (Å²) in [6.45, 7) is 4.40. The van der Waals surface area contributed by atoms with Gasteiger partial charge in [-0.3, -0.25) is 4.79 Å². The van der Waals surface area contributed by atoms with Crippen LogP contribution < -0.4 is 5.32 Å². The second-order valence-electron chi connectivity index (χ2n) is 10.9. The van der Waals surface area contributed by atoms with Crippen molar-refractivity contribution in [3.8, 4) is 0 Å². The number of benzene rings is 2. The van der Waals surface area contributed by atoms with Crippen molar-refractivity contribution in [3.63, 3.8) is 0 Å². The van der Waals surface area contributed by atoms with Crippen molar-refractivity contribution in [2.75, 3.05) is 19.6 Å². The summed E-state index contributed by atoms with van der Waals surface area (Å²) in [7, 11) is 0. The summed E-state index contributed by atoms with van der Waals surface area (Å²) in [5.41, 5.74) is -1.81. The van der Waals surface area contributed by atoms with Crippen LogP contribution in [0.3, 0.4) is 0 Å². The van der Waals surface area contributed by atoms with Crippen LogP contribution in [0.5, 0.6) is 0 Å². The molecule has 1 aliphatic heterocycles. The molecule has 1 heterocycles. The Morgan fingerprint density at radius 1 is 1.00 bits per heavy atom. The van der Waals surface area contributed by atoms with E-state index in [4.69, 9.17) is 0 Å². The van der Waals surface area contributed by atoms with Crippen molar-refractivity contribution < 1.29 is 31.1 Å². The zero-order valence-corrected chi connectivity index (χ0v) is 21.9. The minimum Gasteiger partial charge on any atom is -0.352 e. The minimum atomic E-state index is -4.92. The number of allylic oxidation sites excluding steroid dienone is 1. The van der Waals surface area contributed by atoms with Gasteiger partial charge in [-0.15, -0.1) is 0 Å². The Balaban J connectivity index is 1.31. The first-order chi connectivity index (χ1) is 18.4. The third kappa shape index (κ3) is 8.34. The van der Waals surface area contributed by atoms with Crippen LogP contribution >= 0.6 is 0 Å². The molecule has 39 heavy (non-hydrogen) atoms. The van der Waals surface area contributed by atoms with E-state index < -0.39 is 23.5 Å². The van der Waals surface area contributed by atoms with Gasteiger partial charge in [-0.25, -0.2) is 0 Å². The summed E-state index contributed by atoms with van der Waals surface area (Å²) in [5.74, 6) is 0.524. The second-order valence-corrected chi connectivity index (χ2v) is 10.9. The van der Waals surface area contributed by atoms with Crippen LogP contribution in [0.15, 0.2) is 54.6 Å². The van der Waals surface area contributed by atoms with Gasteiger partial charge in [0.15, 0.2) is 0 Å². The predicted octanol–water partition coefficient (Wildman–Crippen LogP) is 7.43. The molecule has 2 aromatic carbocycles. The first-order valence-electron chi connectivity index (χ1n) is 13.4. The van der Waals surface area contributed by atoms with Gasteiger partial charge in [-0.1, -0.05) is 49.4 Å². The van der Waals surface area contributed by atoms with Crippen LogP contribution in [0.25, 0.3) is 6.08 Å². The van der Waals surface area contributed by atoms with Gasteiger partial charge >= 0.3 is 12.4 Å². The van der Waals surface area contributed by atoms with Gasteiger partial charge < -0.3 is 10.2 Å². The summed E-state index contributed by atoms with van der Waals surface area (Å²) in [6, 6.07) is 11.6. The normalized spacial score (nSPS) is 21.7. The molecular weight excluding hydrogens is 518 g/mol. The number of likely N-dealkylation sites (tertiary alicyclic amines) is 1. The van der Waals surface area contributed by atoms with E-state index in [2.05, 4.69) is 41.4 Å². The maximum absolute atomic E-state index is 13.2. The van der Waals surface area contributed by atoms with E-state index in [1.165, 1.54) is 5.56 Å². The Morgan fingerprint density at radius 3 is 2.21 bits per heavy atom. The quantitative estimate of drug-likeness (QED) is 0.328. The lowest BCUT2D eigenvalue weighted by molar-refractivity contribution is -0.143. The van der Waals surface area contributed by atoms with Gasteiger partial charge in [0.05, 0.1) is 11.1 Å². The molecule has 0 aromatic heterocycles. The summed E-state index contributed by atoms with van der Waals surface area (Å²) in [5, 5.41) is 2.61. The Hall–Kier alpha value is -2.81. The van der Waals surface area contributed by atoms with Gasteiger partial charge in [0.25, 0.3) is 0 Å². The van der Waals surface area contributed by atoms with Crippen molar-refractivity contribution in [3.05, 3.63) is 76.9 Å². The van der Waals surface area contributed by atoms with Crippen molar-refractivity contribution in [1.82, 2.24) is 10.2 Å². The molecule has 2 aliphatic rings. The van der Waals surface area contributed by atoms with Gasteiger partial charge in [-0.05, 0) is 85.9 Å². The number of rotatable bonds is 9. The zero-order chi connectivity index (χ0) is 28.2. The Labute approximate surface area is 225 Å². The lowest BCUT2D eigenvalue weighted by Crippen LogP contribution is -2.41. The molecule has 4 rings (SSSR count). The first kappa shape index (κ1) is 29.2. The van der Waals surface area contributed by atoms with Crippen LogP contribution in [0, 0.1) is 23.7 Å². The largest absolute Gasteiger partial charge is 0.416 e. The number of hydrogen-bond acceptors (Lipinski definition) is 2. The van der Waals surface area contributed by atoms with Crippen LogP contribution in [-0.4, -0.2) is 30.4 Å². The maximum Gasteiger partial charge on any atom is 0.416 e. The molecule has 0 radical (unpaired) electrons. The average molecular weight is 553 g/mol. The fourth-order valence-corrected chi connectivity index (χ4v) is 5.38. The smallest absolute Gasteiger partial charge is 0.352 e. The molecule has 1 aliphatic carbocycles. The zero-order valence-electron chi connectivity index (χ0n) is 21.9. The van der Waals surface area contributed by atoms with Crippen molar-refractivity contribution in [2.24, 2.45) is 23.7 Å². The number of carbonyl (C=O) groups excluding carboxylic acids is 1. The van der Waals surface area contributed by atoms with Crippen LogP contribution in [-0.2, 0) is 23.7 Å².